The molecule has 0 spiro atoms. The van der Waals surface area contributed by atoms with Crippen LogP contribution in [0.3, 0.4) is 0 Å². The SMILES string of the molecule is NC1CCC(NCc2ccc(O)c(Br)c2)CC1. The molecule has 17 heavy (non-hydrogen) atoms. The van der Waals surface area contributed by atoms with Gasteiger partial charge in [-0.05, 0) is 59.3 Å². The summed E-state index contributed by atoms with van der Waals surface area (Å²) in [5, 5.41) is 13.0. The minimum absolute atomic E-state index is 0.289. The lowest BCUT2D eigenvalue weighted by Gasteiger charge is -2.27. The Morgan fingerprint density at radius 3 is 2.65 bits per heavy atom. The van der Waals surface area contributed by atoms with E-state index in [2.05, 4.69) is 21.2 Å². The minimum atomic E-state index is 0.289. The number of hydrogen-bond acceptors (Lipinski definition) is 3. The van der Waals surface area contributed by atoms with Crippen molar-refractivity contribution in [2.45, 2.75) is 44.3 Å². The van der Waals surface area contributed by atoms with E-state index in [1.165, 1.54) is 18.4 Å². The lowest BCUT2D eigenvalue weighted by molar-refractivity contribution is 0.342. The van der Waals surface area contributed by atoms with Gasteiger partial charge in [0.15, 0.2) is 0 Å². The van der Waals surface area contributed by atoms with Crippen LogP contribution in [0.25, 0.3) is 0 Å². The maximum atomic E-state index is 9.41. The number of benzene rings is 1. The molecule has 1 aromatic rings. The zero-order valence-electron chi connectivity index (χ0n) is 9.82. The molecular weight excluding hydrogens is 280 g/mol. The van der Waals surface area contributed by atoms with Crippen molar-refractivity contribution in [3.8, 4) is 5.75 Å². The molecule has 1 aliphatic carbocycles. The predicted molar refractivity (Wildman–Crippen MR) is 72.9 cm³/mol. The van der Waals surface area contributed by atoms with Gasteiger partial charge in [0.05, 0.1) is 4.47 Å². The molecular formula is C13H19BrN2O. The van der Waals surface area contributed by atoms with E-state index in [-0.39, 0.29) is 5.75 Å². The molecule has 0 heterocycles. The van der Waals surface area contributed by atoms with Gasteiger partial charge in [0.2, 0.25) is 0 Å². The van der Waals surface area contributed by atoms with Gasteiger partial charge >= 0.3 is 0 Å². The van der Waals surface area contributed by atoms with Gasteiger partial charge in [-0.2, -0.15) is 0 Å². The second kappa shape index (κ2) is 5.85. The van der Waals surface area contributed by atoms with E-state index in [1.807, 2.05) is 12.1 Å². The largest absolute Gasteiger partial charge is 0.507 e. The van der Waals surface area contributed by atoms with Gasteiger partial charge in [-0.3, -0.25) is 0 Å². The van der Waals surface area contributed by atoms with Gasteiger partial charge in [0.1, 0.15) is 5.75 Å². The first-order valence-corrected chi connectivity index (χ1v) is 6.91. The van der Waals surface area contributed by atoms with Crippen LogP contribution in [0.15, 0.2) is 22.7 Å². The molecule has 4 heteroatoms. The molecule has 0 unspecified atom stereocenters. The topological polar surface area (TPSA) is 58.3 Å². The molecule has 0 saturated heterocycles. The third-order valence-electron chi connectivity index (χ3n) is 3.38. The minimum Gasteiger partial charge on any atom is -0.507 e. The van der Waals surface area contributed by atoms with E-state index in [0.717, 1.165) is 23.9 Å². The van der Waals surface area contributed by atoms with Crippen molar-refractivity contribution in [2.75, 3.05) is 0 Å². The molecule has 0 aliphatic heterocycles. The van der Waals surface area contributed by atoms with E-state index in [9.17, 15) is 5.11 Å². The monoisotopic (exact) mass is 298 g/mol. The van der Waals surface area contributed by atoms with E-state index < -0.39 is 0 Å². The summed E-state index contributed by atoms with van der Waals surface area (Å²) in [6.45, 7) is 0.846. The molecule has 0 amide bonds. The van der Waals surface area contributed by atoms with Crippen molar-refractivity contribution in [1.29, 1.82) is 0 Å². The van der Waals surface area contributed by atoms with Crippen molar-refractivity contribution >= 4 is 15.9 Å². The van der Waals surface area contributed by atoms with Crippen LogP contribution in [0, 0.1) is 0 Å². The summed E-state index contributed by atoms with van der Waals surface area (Å²) < 4.78 is 0.752. The molecule has 0 bridgehead atoms. The molecule has 0 radical (unpaired) electrons. The Kier molecular flexibility index (Phi) is 4.42. The molecule has 1 aromatic carbocycles. The van der Waals surface area contributed by atoms with Crippen molar-refractivity contribution in [3.63, 3.8) is 0 Å². The highest BCUT2D eigenvalue weighted by atomic mass is 79.9. The fourth-order valence-corrected chi connectivity index (χ4v) is 2.67. The molecule has 94 valence electrons. The van der Waals surface area contributed by atoms with Crippen LogP contribution in [0.5, 0.6) is 5.75 Å². The molecule has 0 aromatic heterocycles. The highest BCUT2D eigenvalue weighted by molar-refractivity contribution is 9.10. The first kappa shape index (κ1) is 12.9. The van der Waals surface area contributed by atoms with Gasteiger partial charge in [0.25, 0.3) is 0 Å². The highest BCUT2D eigenvalue weighted by Gasteiger charge is 2.17. The summed E-state index contributed by atoms with van der Waals surface area (Å²) in [6.07, 6.45) is 4.58. The summed E-state index contributed by atoms with van der Waals surface area (Å²) in [7, 11) is 0. The third-order valence-corrected chi connectivity index (χ3v) is 4.01. The summed E-state index contributed by atoms with van der Waals surface area (Å²) in [6, 6.07) is 6.61. The second-order valence-electron chi connectivity index (χ2n) is 4.78. The van der Waals surface area contributed by atoms with E-state index in [0.29, 0.717) is 12.1 Å². The number of halogens is 1. The third kappa shape index (κ3) is 3.69. The number of hydrogen-bond donors (Lipinski definition) is 3. The molecule has 3 nitrogen and oxygen atoms in total. The number of nitrogens with two attached hydrogens (primary N) is 1. The molecule has 2 rings (SSSR count). The molecule has 4 N–H and O–H groups in total. The summed E-state index contributed by atoms with van der Waals surface area (Å²) >= 11 is 3.33. The van der Waals surface area contributed by atoms with Crippen molar-refractivity contribution in [3.05, 3.63) is 28.2 Å². The van der Waals surface area contributed by atoms with E-state index in [1.54, 1.807) is 6.07 Å². The van der Waals surface area contributed by atoms with Crippen LogP contribution in [0.1, 0.15) is 31.2 Å². The standard InChI is InChI=1S/C13H19BrN2O/c14-12-7-9(1-6-13(12)17)8-16-11-4-2-10(15)3-5-11/h1,6-7,10-11,16-17H,2-5,8,15H2. The van der Waals surface area contributed by atoms with Crippen LogP contribution in [-0.2, 0) is 6.54 Å². The molecule has 1 aliphatic rings. The van der Waals surface area contributed by atoms with E-state index in [4.69, 9.17) is 5.73 Å². The smallest absolute Gasteiger partial charge is 0.129 e. The van der Waals surface area contributed by atoms with Crippen LogP contribution < -0.4 is 11.1 Å². The maximum Gasteiger partial charge on any atom is 0.129 e. The molecule has 1 saturated carbocycles. The Hall–Kier alpha value is -0.580. The zero-order chi connectivity index (χ0) is 12.3. The van der Waals surface area contributed by atoms with Gasteiger partial charge < -0.3 is 16.2 Å². The van der Waals surface area contributed by atoms with Crippen LogP contribution in [0.2, 0.25) is 0 Å². The van der Waals surface area contributed by atoms with Crippen molar-refractivity contribution in [2.24, 2.45) is 5.73 Å². The number of rotatable bonds is 3. The highest BCUT2D eigenvalue weighted by Crippen LogP contribution is 2.24. The Morgan fingerprint density at radius 2 is 2.00 bits per heavy atom. The first-order valence-electron chi connectivity index (χ1n) is 6.11. The quantitative estimate of drug-likeness (QED) is 0.804. The Morgan fingerprint density at radius 1 is 1.29 bits per heavy atom. The van der Waals surface area contributed by atoms with Crippen molar-refractivity contribution in [1.82, 2.24) is 5.32 Å². The lowest BCUT2D eigenvalue weighted by atomic mass is 9.92. The fourth-order valence-electron chi connectivity index (χ4n) is 2.25. The van der Waals surface area contributed by atoms with Crippen LogP contribution in [-0.4, -0.2) is 17.2 Å². The van der Waals surface area contributed by atoms with Crippen molar-refractivity contribution < 1.29 is 5.11 Å². The maximum absolute atomic E-state index is 9.41. The van der Waals surface area contributed by atoms with Crippen LogP contribution in [0.4, 0.5) is 0 Å². The van der Waals surface area contributed by atoms with Gasteiger partial charge in [-0.1, -0.05) is 6.07 Å². The zero-order valence-corrected chi connectivity index (χ0v) is 11.4. The van der Waals surface area contributed by atoms with Gasteiger partial charge in [-0.25, -0.2) is 0 Å². The summed E-state index contributed by atoms with van der Waals surface area (Å²) in [5.41, 5.74) is 7.06. The Balaban J connectivity index is 1.83. The number of nitrogens with one attached hydrogen (secondary N) is 1. The summed E-state index contributed by atoms with van der Waals surface area (Å²) in [5.74, 6) is 0.289. The average molecular weight is 299 g/mol. The number of phenols is 1. The Labute approximate surface area is 111 Å². The number of aromatic hydroxyl groups is 1. The second-order valence-corrected chi connectivity index (χ2v) is 5.63. The fraction of sp³-hybridized carbons (Fsp3) is 0.538. The lowest BCUT2D eigenvalue weighted by Crippen LogP contribution is -2.37. The first-order chi connectivity index (χ1) is 8.15. The van der Waals surface area contributed by atoms with Crippen LogP contribution >= 0.6 is 15.9 Å². The predicted octanol–water partition coefficient (Wildman–Crippen LogP) is 2.51. The Bertz CT molecular complexity index is 376. The van der Waals surface area contributed by atoms with E-state index >= 15 is 0 Å². The summed E-state index contributed by atoms with van der Waals surface area (Å²) in [4.78, 5) is 0. The number of phenolic OH excluding ortho intramolecular Hbond substituents is 1. The average Bonchev–Trinajstić information content (AvgIpc) is 2.33. The molecule has 1 fully saturated rings. The normalized spacial score (nSPS) is 24.8. The van der Waals surface area contributed by atoms with Gasteiger partial charge in [0, 0.05) is 18.6 Å². The molecule has 0 atom stereocenters. The van der Waals surface area contributed by atoms with Gasteiger partial charge in [-0.15, -0.1) is 0 Å².